The lowest BCUT2D eigenvalue weighted by Crippen LogP contribution is -2.33. The van der Waals surface area contributed by atoms with Gasteiger partial charge < -0.3 is 5.11 Å². The molecule has 0 aliphatic heterocycles. The van der Waals surface area contributed by atoms with Crippen LogP contribution >= 0.6 is 0 Å². The average molecular weight is 179 g/mol. The van der Waals surface area contributed by atoms with E-state index in [1.165, 1.54) is 0 Å². The fraction of sp³-hybridized carbons (Fsp3) is 0.909. The van der Waals surface area contributed by atoms with Gasteiger partial charge >= 0.3 is 0 Å². The first-order valence-electron chi connectivity index (χ1n) is 5.27. The van der Waals surface area contributed by atoms with Crippen molar-refractivity contribution in [3.05, 3.63) is 0 Å². The molecule has 13 heavy (non-hydrogen) atoms. The Bertz CT molecular complexity index is 241. The molecule has 0 amide bonds. The maximum Gasteiger partial charge on any atom is 0.0837 e. The SMILES string of the molecule is CC1CCC(C#N)(C(O)C2CC2)C1. The highest BCUT2D eigenvalue weighted by atomic mass is 16.3. The van der Waals surface area contributed by atoms with Gasteiger partial charge in [-0.05, 0) is 43.9 Å². The Morgan fingerprint density at radius 3 is 2.54 bits per heavy atom. The molecule has 0 saturated heterocycles. The van der Waals surface area contributed by atoms with E-state index in [1.807, 2.05) is 0 Å². The van der Waals surface area contributed by atoms with Gasteiger partial charge in [0.25, 0.3) is 0 Å². The molecule has 0 bridgehead atoms. The molecule has 2 aliphatic rings. The van der Waals surface area contributed by atoms with Crippen molar-refractivity contribution in [2.24, 2.45) is 17.3 Å². The first-order chi connectivity index (χ1) is 6.18. The van der Waals surface area contributed by atoms with Crippen molar-refractivity contribution in [2.45, 2.75) is 45.1 Å². The van der Waals surface area contributed by atoms with Crippen LogP contribution in [0.15, 0.2) is 0 Å². The normalized spacial score (nSPS) is 41.5. The molecule has 2 aliphatic carbocycles. The van der Waals surface area contributed by atoms with E-state index in [2.05, 4.69) is 13.0 Å². The van der Waals surface area contributed by atoms with Crippen LogP contribution in [0.4, 0.5) is 0 Å². The molecule has 2 fully saturated rings. The van der Waals surface area contributed by atoms with Crippen LogP contribution < -0.4 is 0 Å². The zero-order chi connectivity index (χ0) is 9.47. The molecule has 2 nitrogen and oxygen atoms in total. The van der Waals surface area contributed by atoms with E-state index in [0.717, 1.165) is 32.1 Å². The smallest absolute Gasteiger partial charge is 0.0837 e. The van der Waals surface area contributed by atoms with E-state index in [0.29, 0.717) is 11.8 Å². The van der Waals surface area contributed by atoms with Crippen molar-refractivity contribution in [3.8, 4) is 6.07 Å². The van der Waals surface area contributed by atoms with Crippen LogP contribution in [-0.2, 0) is 0 Å². The van der Waals surface area contributed by atoms with Gasteiger partial charge in [-0.15, -0.1) is 0 Å². The van der Waals surface area contributed by atoms with E-state index in [4.69, 9.17) is 0 Å². The third-order valence-electron chi connectivity index (χ3n) is 3.65. The Morgan fingerprint density at radius 1 is 1.46 bits per heavy atom. The van der Waals surface area contributed by atoms with Crippen LogP contribution in [0.25, 0.3) is 0 Å². The number of hydrogen-bond donors (Lipinski definition) is 1. The zero-order valence-corrected chi connectivity index (χ0v) is 8.16. The lowest BCUT2D eigenvalue weighted by atomic mass is 9.79. The molecule has 2 heteroatoms. The van der Waals surface area contributed by atoms with Gasteiger partial charge in [0, 0.05) is 0 Å². The van der Waals surface area contributed by atoms with Gasteiger partial charge in [-0.2, -0.15) is 5.26 Å². The van der Waals surface area contributed by atoms with Crippen molar-refractivity contribution in [3.63, 3.8) is 0 Å². The van der Waals surface area contributed by atoms with Gasteiger partial charge in [0.2, 0.25) is 0 Å². The predicted octanol–water partition coefficient (Wildman–Crippen LogP) is 2.09. The number of nitrogens with zero attached hydrogens (tertiary/aromatic N) is 1. The number of rotatable bonds is 2. The van der Waals surface area contributed by atoms with Crippen molar-refractivity contribution in [1.29, 1.82) is 5.26 Å². The van der Waals surface area contributed by atoms with E-state index < -0.39 is 0 Å². The Balaban J connectivity index is 2.11. The highest BCUT2D eigenvalue weighted by Crippen LogP contribution is 2.50. The minimum absolute atomic E-state index is 0.345. The Kier molecular flexibility index (Phi) is 2.08. The molecule has 0 aromatic rings. The molecular weight excluding hydrogens is 162 g/mol. The van der Waals surface area contributed by atoms with Crippen LogP contribution in [0.2, 0.25) is 0 Å². The quantitative estimate of drug-likeness (QED) is 0.705. The van der Waals surface area contributed by atoms with E-state index in [-0.39, 0.29) is 11.5 Å². The summed E-state index contributed by atoms with van der Waals surface area (Å²) in [6, 6.07) is 2.38. The van der Waals surface area contributed by atoms with Gasteiger partial charge in [-0.25, -0.2) is 0 Å². The van der Waals surface area contributed by atoms with Crippen molar-refractivity contribution in [1.82, 2.24) is 0 Å². The second-order valence-corrected chi connectivity index (χ2v) is 4.90. The van der Waals surface area contributed by atoms with Crippen LogP contribution in [0, 0.1) is 28.6 Å². The van der Waals surface area contributed by atoms with Gasteiger partial charge in [-0.1, -0.05) is 6.92 Å². The number of aliphatic hydroxyl groups excluding tert-OH is 1. The predicted molar refractivity (Wildman–Crippen MR) is 49.8 cm³/mol. The van der Waals surface area contributed by atoms with Crippen molar-refractivity contribution >= 4 is 0 Å². The Labute approximate surface area is 79.6 Å². The minimum Gasteiger partial charge on any atom is -0.391 e. The van der Waals surface area contributed by atoms with Gasteiger partial charge in [-0.3, -0.25) is 0 Å². The first-order valence-corrected chi connectivity index (χ1v) is 5.27. The highest BCUT2D eigenvalue weighted by Gasteiger charge is 2.49. The monoisotopic (exact) mass is 179 g/mol. The summed E-state index contributed by atoms with van der Waals surface area (Å²) in [5.74, 6) is 1.05. The molecule has 0 heterocycles. The van der Waals surface area contributed by atoms with Crippen LogP contribution in [-0.4, -0.2) is 11.2 Å². The molecule has 0 radical (unpaired) electrons. The fourth-order valence-corrected chi connectivity index (χ4v) is 2.63. The molecule has 3 atom stereocenters. The third kappa shape index (κ3) is 1.46. The molecule has 3 unspecified atom stereocenters. The maximum absolute atomic E-state index is 10.0. The van der Waals surface area contributed by atoms with Crippen molar-refractivity contribution < 1.29 is 5.11 Å². The van der Waals surface area contributed by atoms with Gasteiger partial charge in [0.15, 0.2) is 0 Å². The van der Waals surface area contributed by atoms with Gasteiger partial charge in [0.05, 0.1) is 17.6 Å². The van der Waals surface area contributed by atoms with E-state index >= 15 is 0 Å². The molecular formula is C11H17NO. The lowest BCUT2D eigenvalue weighted by molar-refractivity contribution is 0.0463. The highest BCUT2D eigenvalue weighted by molar-refractivity contribution is 5.10. The molecule has 1 N–H and O–H groups in total. The average Bonchev–Trinajstić information content (AvgIpc) is 2.89. The summed E-state index contributed by atoms with van der Waals surface area (Å²) in [4.78, 5) is 0. The van der Waals surface area contributed by atoms with Crippen molar-refractivity contribution in [2.75, 3.05) is 0 Å². The summed E-state index contributed by atoms with van der Waals surface area (Å²) in [5, 5.41) is 19.2. The Hall–Kier alpha value is -0.550. The molecule has 0 aromatic carbocycles. The second-order valence-electron chi connectivity index (χ2n) is 4.90. The van der Waals surface area contributed by atoms with E-state index in [9.17, 15) is 10.4 Å². The zero-order valence-electron chi connectivity index (χ0n) is 8.16. The van der Waals surface area contributed by atoms with E-state index in [1.54, 1.807) is 0 Å². The summed E-state index contributed by atoms with van der Waals surface area (Å²) >= 11 is 0. The third-order valence-corrected chi connectivity index (χ3v) is 3.65. The van der Waals surface area contributed by atoms with Crippen LogP contribution in [0.1, 0.15) is 39.0 Å². The molecule has 2 rings (SSSR count). The second kappa shape index (κ2) is 2.99. The summed E-state index contributed by atoms with van der Waals surface area (Å²) in [5.41, 5.74) is -0.388. The summed E-state index contributed by atoms with van der Waals surface area (Å²) in [7, 11) is 0. The fourth-order valence-electron chi connectivity index (χ4n) is 2.63. The lowest BCUT2D eigenvalue weighted by Gasteiger charge is -2.27. The minimum atomic E-state index is -0.388. The number of aliphatic hydroxyl groups is 1. The maximum atomic E-state index is 10.0. The number of nitriles is 1. The molecule has 0 spiro atoms. The van der Waals surface area contributed by atoms with Crippen LogP contribution in [0.3, 0.4) is 0 Å². The summed E-state index contributed by atoms with van der Waals surface area (Å²) in [6.45, 7) is 2.18. The summed E-state index contributed by atoms with van der Waals surface area (Å²) < 4.78 is 0. The van der Waals surface area contributed by atoms with Crippen LogP contribution in [0.5, 0.6) is 0 Å². The summed E-state index contributed by atoms with van der Waals surface area (Å²) in [6.07, 6.45) is 4.82. The number of hydrogen-bond acceptors (Lipinski definition) is 2. The largest absolute Gasteiger partial charge is 0.391 e. The standard InChI is InChI=1S/C11H17NO/c1-8-4-5-11(6-8,7-12)10(13)9-2-3-9/h8-10,13H,2-6H2,1H3. The molecule has 0 aromatic heterocycles. The molecule has 72 valence electrons. The Morgan fingerprint density at radius 2 is 2.15 bits per heavy atom. The first kappa shape index (κ1) is 9.02. The van der Waals surface area contributed by atoms with Gasteiger partial charge in [0.1, 0.15) is 0 Å². The topological polar surface area (TPSA) is 44.0 Å². The molecule has 2 saturated carbocycles.